The Morgan fingerprint density at radius 3 is 2.28 bits per heavy atom. The number of carboxylic acid groups (broad SMARTS) is 1. The van der Waals surface area contributed by atoms with Crippen LogP contribution in [-0.2, 0) is 4.79 Å². The summed E-state index contributed by atoms with van der Waals surface area (Å²) in [5.74, 6) is -0.617. The van der Waals surface area contributed by atoms with Crippen LogP contribution in [0.5, 0.6) is 5.75 Å². The standard InChI is InChI=1S/C25H24O4/c1-16-19(12-7-13-20(16)24(26)27)21-14-5-10-17-11-6-15-22(23(17)21)29-25(28)18-8-3-2-4-9-18/h5-7,10-15,18H,2-4,8-9H2,1H3,(H,26,27). The minimum Gasteiger partial charge on any atom is -0.478 e. The van der Waals surface area contributed by atoms with Crippen molar-refractivity contribution < 1.29 is 19.4 Å². The van der Waals surface area contributed by atoms with Crippen LogP contribution in [0, 0.1) is 12.8 Å². The molecule has 1 aliphatic carbocycles. The first kappa shape index (κ1) is 19.2. The maximum atomic E-state index is 12.8. The molecular weight excluding hydrogens is 364 g/mol. The number of rotatable bonds is 4. The predicted octanol–water partition coefficient (Wildman–Crippen LogP) is 6.00. The van der Waals surface area contributed by atoms with Gasteiger partial charge in [-0.15, -0.1) is 0 Å². The Bertz CT molecular complexity index is 1070. The molecule has 4 nitrogen and oxygen atoms in total. The van der Waals surface area contributed by atoms with Crippen LogP contribution in [0.1, 0.15) is 48.0 Å². The fourth-order valence-electron chi connectivity index (χ4n) is 4.31. The van der Waals surface area contributed by atoms with E-state index in [0.717, 1.165) is 47.6 Å². The van der Waals surface area contributed by atoms with Crippen LogP contribution in [0.15, 0.2) is 54.6 Å². The van der Waals surface area contributed by atoms with Crippen molar-refractivity contribution in [3.8, 4) is 16.9 Å². The van der Waals surface area contributed by atoms with Gasteiger partial charge < -0.3 is 9.84 Å². The summed E-state index contributed by atoms with van der Waals surface area (Å²) in [6, 6.07) is 16.8. The van der Waals surface area contributed by atoms with Crippen molar-refractivity contribution in [2.45, 2.75) is 39.0 Å². The van der Waals surface area contributed by atoms with E-state index in [1.807, 2.05) is 49.4 Å². The Morgan fingerprint density at radius 1 is 0.897 bits per heavy atom. The van der Waals surface area contributed by atoms with Gasteiger partial charge in [0, 0.05) is 5.39 Å². The van der Waals surface area contributed by atoms with E-state index >= 15 is 0 Å². The lowest BCUT2D eigenvalue weighted by Crippen LogP contribution is -2.22. The molecule has 1 fully saturated rings. The first-order valence-corrected chi connectivity index (χ1v) is 10.1. The molecule has 29 heavy (non-hydrogen) atoms. The van der Waals surface area contributed by atoms with Crippen LogP contribution in [-0.4, -0.2) is 17.0 Å². The zero-order valence-corrected chi connectivity index (χ0v) is 16.5. The molecule has 148 valence electrons. The van der Waals surface area contributed by atoms with Crippen LogP contribution < -0.4 is 4.74 Å². The maximum Gasteiger partial charge on any atom is 0.335 e. The van der Waals surface area contributed by atoms with E-state index in [2.05, 4.69) is 0 Å². The van der Waals surface area contributed by atoms with Crippen LogP contribution in [0.2, 0.25) is 0 Å². The van der Waals surface area contributed by atoms with Gasteiger partial charge in [-0.3, -0.25) is 4.79 Å². The monoisotopic (exact) mass is 388 g/mol. The molecule has 4 heteroatoms. The van der Waals surface area contributed by atoms with E-state index in [1.165, 1.54) is 6.42 Å². The number of ether oxygens (including phenoxy) is 1. The lowest BCUT2D eigenvalue weighted by Gasteiger charge is -2.21. The van der Waals surface area contributed by atoms with Gasteiger partial charge in [-0.25, -0.2) is 4.79 Å². The van der Waals surface area contributed by atoms with E-state index < -0.39 is 5.97 Å². The normalized spacial score (nSPS) is 14.7. The quantitative estimate of drug-likeness (QED) is 0.440. The first-order valence-electron chi connectivity index (χ1n) is 10.1. The third-order valence-electron chi connectivity index (χ3n) is 5.87. The number of esters is 1. The molecule has 0 heterocycles. The molecule has 1 saturated carbocycles. The molecule has 0 aromatic heterocycles. The van der Waals surface area contributed by atoms with Gasteiger partial charge >= 0.3 is 11.9 Å². The summed E-state index contributed by atoms with van der Waals surface area (Å²) in [6.45, 7) is 1.81. The molecule has 4 rings (SSSR count). The second-order valence-corrected chi connectivity index (χ2v) is 7.70. The number of carboxylic acids is 1. The number of aromatic carboxylic acids is 1. The topological polar surface area (TPSA) is 63.6 Å². The summed E-state index contributed by atoms with van der Waals surface area (Å²) in [4.78, 5) is 24.4. The van der Waals surface area contributed by atoms with Crippen LogP contribution >= 0.6 is 0 Å². The average molecular weight is 388 g/mol. The van der Waals surface area contributed by atoms with Crippen LogP contribution in [0.3, 0.4) is 0 Å². The maximum absolute atomic E-state index is 12.8. The van der Waals surface area contributed by atoms with E-state index in [-0.39, 0.29) is 17.5 Å². The summed E-state index contributed by atoms with van der Waals surface area (Å²) in [7, 11) is 0. The summed E-state index contributed by atoms with van der Waals surface area (Å²) < 4.78 is 5.89. The smallest absolute Gasteiger partial charge is 0.335 e. The minimum atomic E-state index is -0.950. The summed E-state index contributed by atoms with van der Waals surface area (Å²) in [5, 5.41) is 11.3. The Morgan fingerprint density at radius 2 is 1.55 bits per heavy atom. The lowest BCUT2D eigenvalue weighted by molar-refractivity contribution is -0.139. The number of fused-ring (bicyclic) bond motifs is 1. The van der Waals surface area contributed by atoms with Gasteiger partial charge in [0.25, 0.3) is 0 Å². The Labute approximate surface area is 170 Å². The van der Waals surface area contributed by atoms with Crippen LogP contribution in [0.4, 0.5) is 0 Å². The zero-order chi connectivity index (χ0) is 20.4. The van der Waals surface area contributed by atoms with E-state index in [4.69, 9.17) is 4.74 Å². The van der Waals surface area contributed by atoms with Gasteiger partial charge in [-0.05, 0) is 54.0 Å². The molecule has 0 aliphatic heterocycles. The summed E-state index contributed by atoms with van der Waals surface area (Å²) in [6.07, 6.45) is 5.09. The van der Waals surface area contributed by atoms with Gasteiger partial charge in [0.15, 0.2) is 0 Å². The largest absolute Gasteiger partial charge is 0.478 e. The molecule has 1 aliphatic rings. The third kappa shape index (κ3) is 3.75. The molecule has 1 N–H and O–H groups in total. The molecule has 0 amide bonds. The van der Waals surface area contributed by atoms with Crippen LogP contribution in [0.25, 0.3) is 21.9 Å². The van der Waals surface area contributed by atoms with Crippen molar-refractivity contribution >= 4 is 22.7 Å². The van der Waals surface area contributed by atoms with Crippen molar-refractivity contribution in [1.82, 2.24) is 0 Å². The fourth-order valence-corrected chi connectivity index (χ4v) is 4.31. The predicted molar refractivity (Wildman–Crippen MR) is 113 cm³/mol. The molecule has 0 radical (unpaired) electrons. The van der Waals surface area contributed by atoms with Gasteiger partial charge in [0.05, 0.1) is 11.5 Å². The van der Waals surface area contributed by atoms with Gasteiger partial charge in [-0.1, -0.05) is 61.7 Å². The van der Waals surface area contributed by atoms with E-state index in [9.17, 15) is 14.7 Å². The molecular formula is C25H24O4. The zero-order valence-electron chi connectivity index (χ0n) is 16.5. The van der Waals surface area contributed by atoms with Crippen molar-refractivity contribution in [2.24, 2.45) is 5.92 Å². The molecule has 0 spiro atoms. The number of carbonyl (C=O) groups excluding carboxylic acids is 1. The molecule has 3 aromatic rings. The molecule has 0 unspecified atom stereocenters. The molecule has 0 bridgehead atoms. The number of carbonyl (C=O) groups is 2. The second kappa shape index (κ2) is 8.08. The van der Waals surface area contributed by atoms with Gasteiger partial charge in [-0.2, -0.15) is 0 Å². The molecule has 0 atom stereocenters. The highest BCUT2D eigenvalue weighted by molar-refractivity contribution is 6.03. The summed E-state index contributed by atoms with van der Waals surface area (Å²) in [5.41, 5.74) is 2.67. The molecule has 0 saturated heterocycles. The highest BCUT2D eigenvalue weighted by Gasteiger charge is 2.24. The second-order valence-electron chi connectivity index (χ2n) is 7.70. The number of hydrogen-bond acceptors (Lipinski definition) is 3. The Kier molecular flexibility index (Phi) is 5.34. The number of hydrogen-bond donors (Lipinski definition) is 1. The highest BCUT2D eigenvalue weighted by Crippen LogP contribution is 2.38. The van der Waals surface area contributed by atoms with E-state index in [1.54, 1.807) is 12.1 Å². The first-order chi connectivity index (χ1) is 14.1. The van der Waals surface area contributed by atoms with Crippen molar-refractivity contribution in [2.75, 3.05) is 0 Å². The summed E-state index contributed by atoms with van der Waals surface area (Å²) >= 11 is 0. The molecule has 3 aromatic carbocycles. The van der Waals surface area contributed by atoms with Gasteiger partial charge in [0.1, 0.15) is 5.75 Å². The third-order valence-corrected chi connectivity index (χ3v) is 5.87. The number of benzene rings is 3. The van der Waals surface area contributed by atoms with Crippen molar-refractivity contribution in [3.05, 3.63) is 65.7 Å². The fraction of sp³-hybridized carbons (Fsp3) is 0.280. The Balaban J connectivity index is 1.81. The van der Waals surface area contributed by atoms with Crippen molar-refractivity contribution in [3.63, 3.8) is 0 Å². The lowest BCUT2D eigenvalue weighted by atomic mass is 9.89. The SMILES string of the molecule is Cc1c(C(=O)O)cccc1-c1cccc2cccc(OC(=O)C3CCCCC3)c12. The van der Waals surface area contributed by atoms with E-state index in [0.29, 0.717) is 11.3 Å². The average Bonchev–Trinajstić information content (AvgIpc) is 2.74. The van der Waals surface area contributed by atoms with Crippen molar-refractivity contribution in [1.29, 1.82) is 0 Å². The van der Waals surface area contributed by atoms with Gasteiger partial charge in [0.2, 0.25) is 0 Å². The minimum absolute atomic E-state index is 0.0387. The Hall–Kier alpha value is -3.14. The highest BCUT2D eigenvalue weighted by atomic mass is 16.5.